The third kappa shape index (κ3) is 3.27. The number of nitrogens with one attached hydrogen (secondary N) is 1. The minimum absolute atomic E-state index is 0.0264. The molecule has 5 nitrogen and oxygen atoms in total. The highest BCUT2D eigenvalue weighted by Gasteiger charge is 2.08. The quantitative estimate of drug-likeness (QED) is 0.707. The first kappa shape index (κ1) is 13.5. The summed E-state index contributed by atoms with van der Waals surface area (Å²) in [4.78, 5) is 4.25. The summed E-state index contributed by atoms with van der Waals surface area (Å²) in [6.07, 6.45) is 4.09. The molecule has 0 fully saturated rings. The fourth-order valence-corrected chi connectivity index (χ4v) is 1.85. The zero-order chi connectivity index (χ0) is 13.8. The van der Waals surface area contributed by atoms with Crippen LogP contribution in [0, 0.1) is 5.41 Å². The van der Waals surface area contributed by atoms with E-state index in [-0.39, 0.29) is 6.04 Å². The van der Waals surface area contributed by atoms with Crippen LogP contribution in [0.4, 0.5) is 0 Å². The number of nitrogens with two attached hydrogens (primary N) is 2. The zero-order valence-corrected chi connectivity index (χ0v) is 11.0. The Morgan fingerprint density at radius 3 is 2.63 bits per heavy atom. The van der Waals surface area contributed by atoms with Gasteiger partial charge >= 0.3 is 0 Å². The highest BCUT2D eigenvalue weighted by molar-refractivity contribution is 5.96. The smallest absolute Gasteiger partial charge is 0.102 e. The molecule has 1 heterocycles. The van der Waals surface area contributed by atoms with Crippen LogP contribution in [0.15, 0.2) is 36.8 Å². The Morgan fingerprint density at radius 1 is 1.37 bits per heavy atom. The summed E-state index contributed by atoms with van der Waals surface area (Å²) in [5, 5.41) is 7.93. The van der Waals surface area contributed by atoms with Gasteiger partial charge < -0.3 is 21.4 Å². The van der Waals surface area contributed by atoms with E-state index in [0.29, 0.717) is 24.4 Å². The predicted octanol–water partition coefficient (Wildman–Crippen LogP) is 1.44. The molecule has 0 aliphatic carbocycles. The molecule has 1 aromatic carbocycles. The second kappa shape index (κ2) is 5.77. The number of benzene rings is 1. The molecule has 0 aliphatic rings. The van der Waals surface area contributed by atoms with Gasteiger partial charge in [-0.25, -0.2) is 4.98 Å². The first-order valence-electron chi connectivity index (χ1n) is 6.27. The third-order valence-electron chi connectivity index (χ3n) is 2.89. The maximum Gasteiger partial charge on any atom is 0.102 e. The summed E-state index contributed by atoms with van der Waals surface area (Å²) in [7, 11) is 0. The highest BCUT2D eigenvalue weighted by Crippen LogP contribution is 2.11. The molecule has 0 unspecified atom stereocenters. The molecule has 0 saturated heterocycles. The lowest BCUT2D eigenvalue weighted by molar-refractivity contribution is 0.775. The largest absolute Gasteiger partial charge is 0.328 e. The number of aromatic nitrogens is 2. The molecule has 5 heteroatoms. The van der Waals surface area contributed by atoms with Crippen molar-refractivity contribution in [1.29, 1.82) is 5.41 Å². The van der Waals surface area contributed by atoms with Crippen molar-refractivity contribution in [3.8, 4) is 5.69 Å². The van der Waals surface area contributed by atoms with Gasteiger partial charge in [-0.15, -0.1) is 0 Å². The van der Waals surface area contributed by atoms with Crippen LogP contribution in [-0.4, -0.2) is 21.3 Å². The molecular weight excluding hydrogens is 238 g/mol. The molecule has 19 heavy (non-hydrogen) atoms. The van der Waals surface area contributed by atoms with Crippen molar-refractivity contribution in [3.05, 3.63) is 48.0 Å². The number of nitrogens with zero attached hydrogens (tertiary/aromatic N) is 2. The summed E-state index contributed by atoms with van der Waals surface area (Å²) in [6, 6.07) is 7.93. The molecule has 2 aromatic rings. The molecule has 1 aromatic heterocycles. The standard InChI is InChI=1S/C14H19N5/c1-10(16)6-13(17)14-8-19(9-18-14)12-4-2-11(7-15)3-5-12/h2-5,8-10,17H,6-7,15-16H2,1H3/t10-/m0/s1. The van der Waals surface area contributed by atoms with Crippen molar-refractivity contribution < 1.29 is 0 Å². The fraction of sp³-hybridized carbons (Fsp3) is 0.286. The van der Waals surface area contributed by atoms with Gasteiger partial charge in [-0.2, -0.15) is 0 Å². The number of hydrogen-bond donors (Lipinski definition) is 3. The molecule has 0 saturated carbocycles. The van der Waals surface area contributed by atoms with Gasteiger partial charge in [0.2, 0.25) is 0 Å². The van der Waals surface area contributed by atoms with Crippen molar-refractivity contribution >= 4 is 5.71 Å². The van der Waals surface area contributed by atoms with Gasteiger partial charge in [0.05, 0.1) is 12.0 Å². The van der Waals surface area contributed by atoms with Gasteiger partial charge in [-0.1, -0.05) is 12.1 Å². The van der Waals surface area contributed by atoms with Gasteiger partial charge in [0.1, 0.15) is 5.69 Å². The van der Waals surface area contributed by atoms with E-state index in [1.807, 2.05) is 42.0 Å². The van der Waals surface area contributed by atoms with E-state index in [1.165, 1.54) is 0 Å². The van der Waals surface area contributed by atoms with E-state index in [0.717, 1.165) is 11.3 Å². The average Bonchev–Trinajstić information content (AvgIpc) is 2.88. The summed E-state index contributed by atoms with van der Waals surface area (Å²) in [5.41, 5.74) is 14.5. The zero-order valence-electron chi connectivity index (χ0n) is 11.0. The second-order valence-corrected chi connectivity index (χ2v) is 4.70. The summed E-state index contributed by atoms with van der Waals surface area (Å²) >= 11 is 0. The van der Waals surface area contributed by atoms with E-state index in [2.05, 4.69) is 4.98 Å². The van der Waals surface area contributed by atoms with Gasteiger partial charge in [-0.3, -0.25) is 0 Å². The Kier molecular flexibility index (Phi) is 4.09. The second-order valence-electron chi connectivity index (χ2n) is 4.70. The maximum absolute atomic E-state index is 7.93. The molecule has 2 rings (SSSR count). The van der Waals surface area contributed by atoms with Crippen LogP contribution in [0.3, 0.4) is 0 Å². The lowest BCUT2D eigenvalue weighted by Crippen LogP contribution is -2.19. The summed E-state index contributed by atoms with van der Waals surface area (Å²) in [6.45, 7) is 2.42. The SMILES string of the molecule is C[C@H](N)CC(=N)c1cn(-c2ccc(CN)cc2)cn1. The monoisotopic (exact) mass is 257 g/mol. The van der Waals surface area contributed by atoms with E-state index in [9.17, 15) is 0 Å². The van der Waals surface area contributed by atoms with E-state index in [1.54, 1.807) is 6.33 Å². The van der Waals surface area contributed by atoms with Crippen LogP contribution in [0.25, 0.3) is 5.69 Å². The topological polar surface area (TPSA) is 93.7 Å². The highest BCUT2D eigenvalue weighted by atomic mass is 15.0. The first-order valence-corrected chi connectivity index (χ1v) is 6.27. The Labute approximate surface area is 112 Å². The molecule has 5 N–H and O–H groups in total. The van der Waals surface area contributed by atoms with E-state index in [4.69, 9.17) is 16.9 Å². The van der Waals surface area contributed by atoms with Gasteiger partial charge in [0, 0.05) is 30.9 Å². The van der Waals surface area contributed by atoms with Crippen molar-refractivity contribution in [2.24, 2.45) is 11.5 Å². The molecule has 0 amide bonds. The molecule has 0 spiro atoms. The van der Waals surface area contributed by atoms with E-state index >= 15 is 0 Å². The maximum atomic E-state index is 7.93. The Hall–Kier alpha value is -1.98. The average molecular weight is 257 g/mol. The third-order valence-corrected chi connectivity index (χ3v) is 2.89. The van der Waals surface area contributed by atoms with Crippen molar-refractivity contribution in [2.45, 2.75) is 25.9 Å². The van der Waals surface area contributed by atoms with E-state index < -0.39 is 0 Å². The molecule has 0 aliphatic heterocycles. The van der Waals surface area contributed by atoms with Crippen LogP contribution >= 0.6 is 0 Å². The van der Waals surface area contributed by atoms with Crippen molar-refractivity contribution in [3.63, 3.8) is 0 Å². The van der Waals surface area contributed by atoms with Crippen LogP contribution in [0.5, 0.6) is 0 Å². The fourth-order valence-electron chi connectivity index (χ4n) is 1.85. The normalized spacial score (nSPS) is 12.4. The Balaban J connectivity index is 2.18. The minimum atomic E-state index is -0.0264. The molecule has 1 atom stereocenters. The summed E-state index contributed by atoms with van der Waals surface area (Å²) < 4.78 is 1.89. The number of hydrogen-bond acceptors (Lipinski definition) is 4. The molecule has 100 valence electrons. The van der Waals surface area contributed by atoms with Crippen LogP contribution < -0.4 is 11.5 Å². The van der Waals surface area contributed by atoms with Crippen LogP contribution in [0.1, 0.15) is 24.6 Å². The van der Waals surface area contributed by atoms with Crippen LogP contribution in [0.2, 0.25) is 0 Å². The number of rotatable bonds is 5. The summed E-state index contributed by atoms with van der Waals surface area (Å²) in [5.74, 6) is 0. The lowest BCUT2D eigenvalue weighted by atomic mass is 10.1. The van der Waals surface area contributed by atoms with Gasteiger partial charge in [0.25, 0.3) is 0 Å². The Bertz CT molecular complexity index is 553. The minimum Gasteiger partial charge on any atom is -0.328 e. The van der Waals surface area contributed by atoms with Crippen LogP contribution in [-0.2, 0) is 6.54 Å². The predicted molar refractivity (Wildman–Crippen MR) is 76.6 cm³/mol. The Morgan fingerprint density at radius 2 is 2.05 bits per heavy atom. The molecule has 0 radical (unpaired) electrons. The van der Waals surface area contributed by atoms with Crippen molar-refractivity contribution in [1.82, 2.24) is 9.55 Å². The van der Waals surface area contributed by atoms with Gasteiger partial charge in [-0.05, 0) is 24.6 Å². The lowest BCUT2D eigenvalue weighted by Gasteiger charge is -2.04. The molecular formula is C14H19N5. The van der Waals surface area contributed by atoms with Gasteiger partial charge in [0.15, 0.2) is 0 Å². The molecule has 0 bridgehead atoms. The number of imidazole rings is 1. The first-order chi connectivity index (χ1) is 9.10. The van der Waals surface area contributed by atoms with Crippen molar-refractivity contribution in [2.75, 3.05) is 0 Å².